The summed E-state index contributed by atoms with van der Waals surface area (Å²) < 4.78 is 5.23. The highest BCUT2D eigenvalue weighted by Gasteiger charge is 2.07. The van der Waals surface area contributed by atoms with Gasteiger partial charge in [0, 0.05) is 24.2 Å². The molecule has 3 nitrogen and oxygen atoms in total. The number of halogens is 1. The number of nitrogens with two attached hydrogens (primary N) is 1. The van der Waals surface area contributed by atoms with Crippen LogP contribution < -0.4 is 15.8 Å². The molecule has 4 heteroatoms. The summed E-state index contributed by atoms with van der Waals surface area (Å²) in [5, 5.41) is 4.24. The molecule has 2 rings (SSSR count). The Bertz CT molecular complexity index is 557. The summed E-state index contributed by atoms with van der Waals surface area (Å²) in [6, 6.07) is 16.2. The summed E-state index contributed by atoms with van der Waals surface area (Å²) in [5.41, 5.74) is 8.27. The van der Waals surface area contributed by atoms with Crippen molar-refractivity contribution in [1.82, 2.24) is 5.32 Å². The molecule has 0 spiro atoms. The number of nitrogens with one attached hydrogen (secondary N) is 1. The van der Waals surface area contributed by atoms with Gasteiger partial charge < -0.3 is 15.8 Å². The largest absolute Gasteiger partial charge is 0.497 e. The van der Waals surface area contributed by atoms with E-state index in [2.05, 4.69) is 11.4 Å². The monoisotopic (exact) mass is 304 g/mol. The first kappa shape index (κ1) is 15.8. The minimum atomic E-state index is 0.234. The molecule has 0 fully saturated rings. The van der Waals surface area contributed by atoms with Gasteiger partial charge in [-0.3, -0.25) is 0 Å². The molecule has 0 amide bonds. The zero-order valence-corrected chi connectivity index (χ0v) is 12.9. The predicted molar refractivity (Wildman–Crippen MR) is 87.8 cm³/mol. The van der Waals surface area contributed by atoms with Crippen LogP contribution >= 0.6 is 11.6 Å². The molecule has 0 aliphatic rings. The fourth-order valence-corrected chi connectivity index (χ4v) is 2.31. The van der Waals surface area contributed by atoms with Gasteiger partial charge >= 0.3 is 0 Å². The standard InChI is InChI=1S/C17H21ClN2O/c1-21-17-4-2-3-14(10-17)12-20-16(11-19)9-13-5-7-15(18)8-6-13/h2-8,10,16,20H,9,11-12,19H2,1H3. The molecular formula is C17H21ClN2O. The Morgan fingerprint density at radius 1 is 1.14 bits per heavy atom. The molecule has 0 saturated carbocycles. The van der Waals surface area contributed by atoms with Crippen molar-refractivity contribution >= 4 is 11.6 Å². The topological polar surface area (TPSA) is 47.3 Å². The molecule has 2 aromatic rings. The van der Waals surface area contributed by atoms with Crippen molar-refractivity contribution in [3.8, 4) is 5.75 Å². The Balaban J connectivity index is 1.91. The smallest absolute Gasteiger partial charge is 0.119 e. The van der Waals surface area contributed by atoms with Crippen LogP contribution in [0.25, 0.3) is 0 Å². The van der Waals surface area contributed by atoms with Gasteiger partial charge in [-0.05, 0) is 41.8 Å². The maximum Gasteiger partial charge on any atom is 0.119 e. The minimum Gasteiger partial charge on any atom is -0.497 e. The van der Waals surface area contributed by atoms with Crippen LogP contribution in [0.15, 0.2) is 48.5 Å². The summed E-state index contributed by atoms with van der Waals surface area (Å²) in [5.74, 6) is 0.872. The Morgan fingerprint density at radius 3 is 2.57 bits per heavy atom. The first-order valence-corrected chi connectivity index (χ1v) is 7.40. The van der Waals surface area contributed by atoms with Gasteiger partial charge in [0.15, 0.2) is 0 Å². The van der Waals surface area contributed by atoms with Crippen LogP contribution in [0.5, 0.6) is 5.75 Å². The number of rotatable bonds is 7. The van der Waals surface area contributed by atoms with Gasteiger partial charge in [0.2, 0.25) is 0 Å². The number of benzene rings is 2. The van der Waals surface area contributed by atoms with E-state index in [0.29, 0.717) is 6.54 Å². The summed E-state index contributed by atoms with van der Waals surface area (Å²) in [7, 11) is 1.68. The average molecular weight is 305 g/mol. The van der Waals surface area contributed by atoms with E-state index in [4.69, 9.17) is 22.1 Å². The van der Waals surface area contributed by atoms with Crippen LogP contribution in [0.3, 0.4) is 0 Å². The molecule has 0 bridgehead atoms. The van der Waals surface area contributed by atoms with Crippen molar-refractivity contribution in [1.29, 1.82) is 0 Å². The number of ether oxygens (including phenoxy) is 1. The molecule has 0 aliphatic carbocycles. The molecule has 1 unspecified atom stereocenters. The normalized spacial score (nSPS) is 12.1. The lowest BCUT2D eigenvalue weighted by molar-refractivity contribution is 0.413. The van der Waals surface area contributed by atoms with Crippen LogP contribution in [-0.4, -0.2) is 19.7 Å². The van der Waals surface area contributed by atoms with E-state index in [9.17, 15) is 0 Å². The van der Waals surface area contributed by atoms with E-state index in [0.717, 1.165) is 23.7 Å². The van der Waals surface area contributed by atoms with E-state index in [-0.39, 0.29) is 6.04 Å². The maximum atomic E-state index is 5.90. The van der Waals surface area contributed by atoms with Crippen molar-refractivity contribution in [2.24, 2.45) is 5.73 Å². The van der Waals surface area contributed by atoms with Crippen LogP contribution in [-0.2, 0) is 13.0 Å². The fourth-order valence-electron chi connectivity index (χ4n) is 2.19. The molecular weight excluding hydrogens is 284 g/mol. The van der Waals surface area contributed by atoms with Crippen molar-refractivity contribution in [3.05, 3.63) is 64.7 Å². The second-order valence-electron chi connectivity index (χ2n) is 5.00. The Kier molecular flexibility index (Phi) is 6.05. The van der Waals surface area contributed by atoms with Gasteiger partial charge in [0.05, 0.1) is 7.11 Å². The molecule has 1 atom stereocenters. The first-order chi connectivity index (χ1) is 10.2. The molecule has 0 radical (unpaired) electrons. The predicted octanol–water partition coefficient (Wildman–Crippen LogP) is 3.01. The van der Waals surface area contributed by atoms with Gasteiger partial charge in [-0.2, -0.15) is 0 Å². The highest BCUT2D eigenvalue weighted by atomic mass is 35.5. The van der Waals surface area contributed by atoms with E-state index in [1.165, 1.54) is 11.1 Å². The molecule has 0 aliphatic heterocycles. The zero-order chi connectivity index (χ0) is 15.1. The lowest BCUT2D eigenvalue weighted by Gasteiger charge is -2.17. The van der Waals surface area contributed by atoms with Crippen LogP contribution in [0.4, 0.5) is 0 Å². The van der Waals surface area contributed by atoms with Crippen molar-refractivity contribution in [2.75, 3.05) is 13.7 Å². The van der Waals surface area contributed by atoms with Gasteiger partial charge in [-0.1, -0.05) is 35.9 Å². The third-order valence-electron chi connectivity index (χ3n) is 3.41. The first-order valence-electron chi connectivity index (χ1n) is 7.02. The van der Waals surface area contributed by atoms with Crippen molar-refractivity contribution in [3.63, 3.8) is 0 Å². The summed E-state index contributed by atoms with van der Waals surface area (Å²) in [4.78, 5) is 0. The minimum absolute atomic E-state index is 0.234. The van der Waals surface area contributed by atoms with Crippen molar-refractivity contribution < 1.29 is 4.74 Å². The van der Waals surface area contributed by atoms with E-state index < -0.39 is 0 Å². The second kappa shape index (κ2) is 8.03. The van der Waals surface area contributed by atoms with E-state index in [1.54, 1.807) is 7.11 Å². The van der Waals surface area contributed by atoms with Crippen LogP contribution in [0.1, 0.15) is 11.1 Å². The average Bonchev–Trinajstić information content (AvgIpc) is 2.53. The molecule has 0 heterocycles. The Hall–Kier alpha value is -1.55. The van der Waals surface area contributed by atoms with Crippen LogP contribution in [0, 0.1) is 0 Å². The Morgan fingerprint density at radius 2 is 1.90 bits per heavy atom. The zero-order valence-electron chi connectivity index (χ0n) is 12.2. The molecule has 2 aromatic carbocycles. The quantitative estimate of drug-likeness (QED) is 0.826. The molecule has 0 saturated heterocycles. The molecule has 112 valence electrons. The van der Waals surface area contributed by atoms with Gasteiger partial charge in [-0.25, -0.2) is 0 Å². The number of hydrogen-bond acceptors (Lipinski definition) is 3. The van der Waals surface area contributed by atoms with E-state index in [1.807, 2.05) is 42.5 Å². The highest BCUT2D eigenvalue weighted by molar-refractivity contribution is 6.30. The number of hydrogen-bond donors (Lipinski definition) is 2. The SMILES string of the molecule is COc1cccc(CNC(CN)Cc2ccc(Cl)cc2)c1. The lowest BCUT2D eigenvalue weighted by Crippen LogP contribution is -2.37. The second-order valence-corrected chi connectivity index (χ2v) is 5.43. The fraction of sp³-hybridized carbons (Fsp3) is 0.294. The molecule has 3 N–H and O–H groups in total. The van der Waals surface area contributed by atoms with Crippen molar-refractivity contribution in [2.45, 2.75) is 19.0 Å². The summed E-state index contributed by atoms with van der Waals surface area (Å²) in [6.07, 6.45) is 0.887. The lowest BCUT2D eigenvalue weighted by atomic mass is 10.1. The third kappa shape index (κ3) is 5.05. The van der Waals surface area contributed by atoms with E-state index >= 15 is 0 Å². The third-order valence-corrected chi connectivity index (χ3v) is 3.66. The van der Waals surface area contributed by atoms with Gasteiger partial charge in [0.1, 0.15) is 5.75 Å². The molecule has 0 aromatic heterocycles. The van der Waals surface area contributed by atoms with Gasteiger partial charge in [0.25, 0.3) is 0 Å². The highest BCUT2D eigenvalue weighted by Crippen LogP contribution is 2.13. The molecule has 21 heavy (non-hydrogen) atoms. The summed E-state index contributed by atoms with van der Waals surface area (Å²) >= 11 is 5.90. The number of methoxy groups -OCH3 is 1. The van der Waals surface area contributed by atoms with Gasteiger partial charge in [-0.15, -0.1) is 0 Å². The maximum absolute atomic E-state index is 5.90. The summed E-state index contributed by atoms with van der Waals surface area (Å²) in [6.45, 7) is 1.36. The van der Waals surface area contributed by atoms with Crippen LogP contribution in [0.2, 0.25) is 5.02 Å². The Labute approximate surface area is 131 Å².